The van der Waals surface area contributed by atoms with E-state index in [1.807, 2.05) is 0 Å². The van der Waals surface area contributed by atoms with Gasteiger partial charge in [0.25, 0.3) is 0 Å². The molecule has 1 aliphatic heterocycles. The number of halogens is 1. The van der Waals surface area contributed by atoms with Crippen LogP contribution in [-0.2, 0) is 0 Å². The van der Waals surface area contributed by atoms with Crippen LogP contribution in [0.2, 0.25) is 0 Å². The summed E-state index contributed by atoms with van der Waals surface area (Å²) >= 11 is 3.50. The highest BCUT2D eigenvalue weighted by Gasteiger charge is 2.36. The highest BCUT2D eigenvalue weighted by molar-refractivity contribution is 9.10. The lowest BCUT2D eigenvalue weighted by Crippen LogP contribution is -2.16. The average molecular weight is 270 g/mol. The molecule has 1 saturated carbocycles. The predicted molar refractivity (Wildman–Crippen MR) is 60.5 cm³/mol. The second-order valence-electron chi connectivity index (χ2n) is 4.03. The van der Waals surface area contributed by atoms with Gasteiger partial charge in [0.15, 0.2) is 11.5 Å². The molecule has 2 N–H and O–H groups in total. The summed E-state index contributed by atoms with van der Waals surface area (Å²) < 4.78 is 12.1. The normalized spacial score (nSPS) is 27.6. The van der Waals surface area contributed by atoms with Crippen molar-refractivity contribution >= 4 is 15.9 Å². The van der Waals surface area contributed by atoms with Crippen molar-refractivity contribution in [3.8, 4) is 11.5 Å². The monoisotopic (exact) mass is 269 g/mol. The van der Waals surface area contributed by atoms with Gasteiger partial charge in [-0.2, -0.15) is 0 Å². The first-order valence-corrected chi connectivity index (χ1v) is 5.89. The standard InChI is InChI=1S/C11H12BrNO2/c12-8-3-6(7-5-9(7)13)4-10-11(8)15-2-1-14-10/h3-4,7,9H,1-2,5,13H2/t7-,9+/m0/s1. The van der Waals surface area contributed by atoms with Crippen LogP contribution in [0.15, 0.2) is 16.6 Å². The Bertz CT molecular complexity index is 408. The first-order valence-electron chi connectivity index (χ1n) is 5.10. The number of ether oxygens (including phenoxy) is 2. The summed E-state index contributed by atoms with van der Waals surface area (Å²) in [6.45, 7) is 1.24. The Labute approximate surface area is 96.7 Å². The maximum absolute atomic E-state index is 5.84. The molecule has 1 aromatic carbocycles. The number of hydrogen-bond acceptors (Lipinski definition) is 3. The molecule has 0 radical (unpaired) electrons. The zero-order chi connectivity index (χ0) is 10.4. The Morgan fingerprint density at radius 2 is 2.00 bits per heavy atom. The molecular weight excluding hydrogens is 258 g/mol. The van der Waals surface area contributed by atoms with Gasteiger partial charge in [0, 0.05) is 12.0 Å². The third-order valence-electron chi connectivity index (χ3n) is 2.89. The fourth-order valence-electron chi connectivity index (χ4n) is 1.94. The minimum Gasteiger partial charge on any atom is -0.486 e. The smallest absolute Gasteiger partial charge is 0.175 e. The summed E-state index contributed by atoms with van der Waals surface area (Å²) in [7, 11) is 0. The summed E-state index contributed by atoms with van der Waals surface area (Å²) in [5, 5.41) is 0. The van der Waals surface area contributed by atoms with Crippen LogP contribution in [0.4, 0.5) is 0 Å². The van der Waals surface area contributed by atoms with Gasteiger partial charge in [-0.25, -0.2) is 0 Å². The van der Waals surface area contributed by atoms with E-state index in [-0.39, 0.29) is 0 Å². The van der Waals surface area contributed by atoms with Gasteiger partial charge in [-0.1, -0.05) is 0 Å². The Morgan fingerprint density at radius 3 is 2.73 bits per heavy atom. The summed E-state index contributed by atoms with van der Waals surface area (Å²) in [5.41, 5.74) is 7.09. The van der Waals surface area contributed by atoms with E-state index in [4.69, 9.17) is 15.2 Å². The first-order chi connectivity index (χ1) is 7.25. The van der Waals surface area contributed by atoms with Crippen LogP contribution in [-0.4, -0.2) is 19.3 Å². The van der Waals surface area contributed by atoms with Crippen molar-refractivity contribution in [2.45, 2.75) is 18.4 Å². The van der Waals surface area contributed by atoms with E-state index in [1.54, 1.807) is 0 Å². The molecule has 0 bridgehead atoms. The van der Waals surface area contributed by atoms with Crippen LogP contribution >= 0.6 is 15.9 Å². The summed E-state index contributed by atoms with van der Waals surface area (Å²) in [6, 6.07) is 4.46. The van der Waals surface area contributed by atoms with Crippen molar-refractivity contribution in [1.29, 1.82) is 0 Å². The third-order valence-corrected chi connectivity index (χ3v) is 3.48. The zero-order valence-corrected chi connectivity index (χ0v) is 9.79. The van der Waals surface area contributed by atoms with Gasteiger partial charge < -0.3 is 15.2 Å². The van der Waals surface area contributed by atoms with Crippen LogP contribution < -0.4 is 15.2 Å². The molecule has 0 saturated heterocycles. The zero-order valence-electron chi connectivity index (χ0n) is 8.20. The molecule has 0 spiro atoms. The summed E-state index contributed by atoms with van der Waals surface area (Å²) in [4.78, 5) is 0. The lowest BCUT2D eigenvalue weighted by Gasteiger charge is -2.20. The predicted octanol–water partition coefficient (Wildman–Crippen LogP) is 2.03. The minimum absolute atomic E-state index is 0.319. The van der Waals surface area contributed by atoms with E-state index in [2.05, 4.69) is 28.1 Å². The van der Waals surface area contributed by atoms with Gasteiger partial charge in [-0.15, -0.1) is 0 Å². The number of fused-ring (bicyclic) bond motifs is 1. The van der Waals surface area contributed by atoms with Crippen molar-refractivity contribution < 1.29 is 9.47 Å². The molecule has 15 heavy (non-hydrogen) atoms. The Kier molecular flexibility index (Phi) is 2.14. The van der Waals surface area contributed by atoms with E-state index < -0.39 is 0 Å². The number of nitrogens with two attached hydrogens (primary N) is 1. The second-order valence-corrected chi connectivity index (χ2v) is 4.89. The van der Waals surface area contributed by atoms with Crippen LogP contribution in [0.25, 0.3) is 0 Å². The van der Waals surface area contributed by atoms with Crippen molar-refractivity contribution in [1.82, 2.24) is 0 Å². The Morgan fingerprint density at radius 1 is 1.27 bits per heavy atom. The third kappa shape index (κ3) is 1.62. The largest absolute Gasteiger partial charge is 0.486 e. The SMILES string of the molecule is N[C@@H]1C[C@H]1c1cc(Br)c2c(c1)OCCO2. The molecule has 1 fully saturated rings. The van der Waals surface area contributed by atoms with E-state index in [1.165, 1.54) is 5.56 Å². The topological polar surface area (TPSA) is 44.5 Å². The highest BCUT2D eigenvalue weighted by Crippen LogP contribution is 2.45. The van der Waals surface area contributed by atoms with E-state index in [0.717, 1.165) is 22.4 Å². The van der Waals surface area contributed by atoms with Crippen molar-refractivity contribution in [3.05, 3.63) is 22.2 Å². The van der Waals surface area contributed by atoms with E-state index in [9.17, 15) is 0 Å². The number of benzene rings is 1. The molecule has 0 unspecified atom stereocenters. The summed E-state index contributed by atoms with van der Waals surface area (Å²) in [6.07, 6.45) is 1.08. The van der Waals surface area contributed by atoms with Crippen molar-refractivity contribution in [2.24, 2.45) is 5.73 Å². The molecule has 0 aromatic heterocycles. The lowest BCUT2D eigenvalue weighted by atomic mass is 10.1. The van der Waals surface area contributed by atoms with Gasteiger partial charge >= 0.3 is 0 Å². The Hall–Kier alpha value is -0.740. The second kappa shape index (κ2) is 3.39. The maximum Gasteiger partial charge on any atom is 0.175 e. The van der Waals surface area contributed by atoms with Gasteiger partial charge in [0.05, 0.1) is 4.47 Å². The molecule has 4 heteroatoms. The Balaban J connectivity index is 2.01. The van der Waals surface area contributed by atoms with Crippen LogP contribution in [0.1, 0.15) is 17.9 Å². The molecule has 1 aromatic rings. The van der Waals surface area contributed by atoms with Gasteiger partial charge in [0.1, 0.15) is 13.2 Å². The summed E-state index contributed by atoms with van der Waals surface area (Å²) in [5.74, 6) is 2.15. The van der Waals surface area contributed by atoms with Gasteiger partial charge in [-0.3, -0.25) is 0 Å². The average Bonchev–Trinajstić information content (AvgIpc) is 2.96. The van der Waals surface area contributed by atoms with Crippen molar-refractivity contribution in [3.63, 3.8) is 0 Å². The molecule has 3 rings (SSSR count). The molecule has 80 valence electrons. The lowest BCUT2D eigenvalue weighted by molar-refractivity contribution is 0.170. The fourth-order valence-corrected chi connectivity index (χ4v) is 2.52. The first kappa shape index (κ1) is 9.48. The molecule has 2 aliphatic rings. The van der Waals surface area contributed by atoms with Crippen LogP contribution in [0.3, 0.4) is 0 Å². The molecule has 2 atom stereocenters. The van der Waals surface area contributed by atoms with Crippen LogP contribution in [0.5, 0.6) is 11.5 Å². The molecule has 3 nitrogen and oxygen atoms in total. The molecule has 1 aliphatic carbocycles. The van der Waals surface area contributed by atoms with E-state index in [0.29, 0.717) is 25.2 Å². The number of rotatable bonds is 1. The van der Waals surface area contributed by atoms with Crippen LogP contribution in [0, 0.1) is 0 Å². The van der Waals surface area contributed by atoms with Gasteiger partial charge in [0.2, 0.25) is 0 Å². The molecule has 0 amide bonds. The maximum atomic E-state index is 5.84. The van der Waals surface area contributed by atoms with E-state index >= 15 is 0 Å². The highest BCUT2D eigenvalue weighted by atomic mass is 79.9. The molecule has 1 heterocycles. The van der Waals surface area contributed by atoms with Crippen molar-refractivity contribution in [2.75, 3.05) is 13.2 Å². The minimum atomic E-state index is 0.319. The number of hydrogen-bond donors (Lipinski definition) is 1. The fraction of sp³-hybridized carbons (Fsp3) is 0.455. The quantitative estimate of drug-likeness (QED) is 0.849. The molecular formula is C11H12BrNO2. The van der Waals surface area contributed by atoms with Gasteiger partial charge in [-0.05, 0) is 40.0 Å².